The van der Waals surface area contributed by atoms with E-state index in [2.05, 4.69) is 25.3 Å². The van der Waals surface area contributed by atoms with Gasteiger partial charge in [-0.2, -0.15) is 4.98 Å². The molecule has 1 N–H and O–H groups in total. The largest absolute Gasteiger partial charge is 0.378 e. The fraction of sp³-hybridized carbons (Fsp3) is 0.300. The molecule has 8 heteroatoms. The first-order valence-electron chi connectivity index (χ1n) is 9.15. The van der Waals surface area contributed by atoms with E-state index in [1.807, 2.05) is 37.3 Å². The normalized spacial score (nSPS) is 14.1. The summed E-state index contributed by atoms with van der Waals surface area (Å²) in [5, 5.41) is 6.75. The zero-order chi connectivity index (χ0) is 19.3. The summed E-state index contributed by atoms with van der Waals surface area (Å²) >= 11 is 0. The Balaban J connectivity index is 1.44. The summed E-state index contributed by atoms with van der Waals surface area (Å²) in [7, 11) is 0. The number of carbonyl (C=O) groups excluding carboxylic acids is 1. The van der Waals surface area contributed by atoms with Gasteiger partial charge in [-0.3, -0.25) is 4.79 Å². The van der Waals surface area contributed by atoms with E-state index in [9.17, 15) is 4.79 Å². The quantitative estimate of drug-likeness (QED) is 0.726. The molecule has 0 spiro atoms. The summed E-state index contributed by atoms with van der Waals surface area (Å²) in [6.45, 7) is 5.34. The fourth-order valence-corrected chi connectivity index (χ4v) is 3.04. The maximum absolute atomic E-state index is 12.3. The van der Waals surface area contributed by atoms with E-state index in [0.717, 1.165) is 35.6 Å². The van der Waals surface area contributed by atoms with Gasteiger partial charge in [0.25, 0.3) is 0 Å². The van der Waals surface area contributed by atoms with Gasteiger partial charge in [0, 0.05) is 31.4 Å². The SMILES string of the molecule is Cc1cccc(CNC(=O)c2nc(-c3ccnc(N4CCOCC4)c3)no2)c1. The molecule has 2 aromatic heterocycles. The monoisotopic (exact) mass is 379 g/mol. The third kappa shape index (κ3) is 4.17. The highest BCUT2D eigenvalue weighted by Gasteiger charge is 2.18. The average molecular weight is 379 g/mol. The second-order valence-electron chi connectivity index (χ2n) is 6.60. The predicted octanol–water partition coefficient (Wildman–Crippen LogP) is 2.21. The molecule has 0 radical (unpaired) electrons. The molecule has 28 heavy (non-hydrogen) atoms. The van der Waals surface area contributed by atoms with Crippen molar-refractivity contribution in [1.82, 2.24) is 20.4 Å². The van der Waals surface area contributed by atoms with E-state index in [1.165, 1.54) is 0 Å². The molecule has 1 aliphatic rings. The Labute approximate surface area is 162 Å². The van der Waals surface area contributed by atoms with Gasteiger partial charge in [0.15, 0.2) is 0 Å². The van der Waals surface area contributed by atoms with Crippen molar-refractivity contribution < 1.29 is 14.1 Å². The topological polar surface area (TPSA) is 93.4 Å². The molecule has 0 aliphatic carbocycles. The summed E-state index contributed by atoms with van der Waals surface area (Å²) in [5.74, 6) is 0.726. The molecule has 1 aliphatic heterocycles. The summed E-state index contributed by atoms with van der Waals surface area (Å²) in [6.07, 6.45) is 1.70. The van der Waals surface area contributed by atoms with E-state index < -0.39 is 5.91 Å². The second kappa shape index (κ2) is 8.18. The maximum atomic E-state index is 12.3. The van der Waals surface area contributed by atoms with E-state index in [-0.39, 0.29) is 5.89 Å². The minimum absolute atomic E-state index is 0.0626. The highest BCUT2D eigenvalue weighted by atomic mass is 16.5. The van der Waals surface area contributed by atoms with Gasteiger partial charge in [-0.05, 0) is 24.6 Å². The standard InChI is InChI=1S/C20H21N5O3/c1-14-3-2-4-15(11-14)13-22-19(26)20-23-18(24-28-20)16-5-6-21-17(12-16)25-7-9-27-10-8-25/h2-6,11-12H,7-10,13H2,1H3,(H,22,26). The second-order valence-corrected chi connectivity index (χ2v) is 6.60. The van der Waals surface area contributed by atoms with Crippen LogP contribution in [0.4, 0.5) is 5.82 Å². The number of aryl methyl sites for hydroxylation is 1. The first-order valence-corrected chi connectivity index (χ1v) is 9.15. The van der Waals surface area contributed by atoms with Crippen LogP contribution in [0.3, 0.4) is 0 Å². The molecule has 3 heterocycles. The zero-order valence-electron chi connectivity index (χ0n) is 15.6. The number of morpholine rings is 1. The number of aromatic nitrogens is 3. The van der Waals surface area contributed by atoms with Crippen LogP contribution < -0.4 is 10.2 Å². The highest BCUT2D eigenvalue weighted by Crippen LogP contribution is 2.21. The van der Waals surface area contributed by atoms with E-state index in [0.29, 0.717) is 25.6 Å². The summed E-state index contributed by atoms with van der Waals surface area (Å²) in [6, 6.07) is 11.6. The number of pyridine rings is 1. The lowest BCUT2D eigenvalue weighted by Gasteiger charge is -2.27. The molecule has 0 saturated carbocycles. The smallest absolute Gasteiger partial charge is 0.316 e. The first kappa shape index (κ1) is 18.1. The molecule has 1 aromatic carbocycles. The van der Waals surface area contributed by atoms with Gasteiger partial charge in [-0.1, -0.05) is 35.0 Å². The summed E-state index contributed by atoms with van der Waals surface area (Å²) in [5.41, 5.74) is 2.90. The lowest BCUT2D eigenvalue weighted by Crippen LogP contribution is -2.36. The van der Waals surface area contributed by atoms with Crippen molar-refractivity contribution in [2.24, 2.45) is 0 Å². The number of hydrogen-bond donors (Lipinski definition) is 1. The summed E-state index contributed by atoms with van der Waals surface area (Å²) in [4.78, 5) is 23.1. The van der Waals surface area contributed by atoms with Crippen LogP contribution in [0.5, 0.6) is 0 Å². The number of hydrogen-bond acceptors (Lipinski definition) is 7. The Morgan fingerprint density at radius 2 is 2.07 bits per heavy atom. The Kier molecular flexibility index (Phi) is 5.29. The Bertz CT molecular complexity index is 966. The van der Waals surface area contributed by atoms with Crippen molar-refractivity contribution in [3.63, 3.8) is 0 Å². The molecule has 1 amide bonds. The van der Waals surface area contributed by atoms with Crippen molar-refractivity contribution in [2.75, 3.05) is 31.2 Å². The van der Waals surface area contributed by atoms with Crippen LogP contribution in [0.25, 0.3) is 11.4 Å². The van der Waals surface area contributed by atoms with Crippen molar-refractivity contribution in [1.29, 1.82) is 0 Å². The van der Waals surface area contributed by atoms with E-state index in [1.54, 1.807) is 12.3 Å². The van der Waals surface area contributed by atoms with E-state index in [4.69, 9.17) is 9.26 Å². The Hall–Kier alpha value is -3.26. The van der Waals surface area contributed by atoms with Gasteiger partial charge >= 0.3 is 11.8 Å². The molecular weight excluding hydrogens is 358 g/mol. The van der Waals surface area contributed by atoms with Crippen molar-refractivity contribution in [3.8, 4) is 11.4 Å². The molecule has 1 fully saturated rings. The molecule has 0 atom stereocenters. The maximum Gasteiger partial charge on any atom is 0.316 e. The van der Waals surface area contributed by atoms with Gasteiger partial charge in [-0.15, -0.1) is 0 Å². The van der Waals surface area contributed by atoms with Gasteiger partial charge in [0.05, 0.1) is 13.2 Å². The van der Waals surface area contributed by atoms with Crippen LogP contribution in [0.15, 0.2) is 47.1 Å². The first-order chi connectivity index (χ1) is 13.7. The number of nitrogens with one attached hydrogen (secondary N) is 1. The molecule has 1 saturated heterocycles. The average Bonchev–Trinajstić information content (AvgIpc) is 3.23. The van der Waals surface area contributed by atoms with Gasteiger partial charge in [0.1, 0.15) is 5.82 Å². The Morgan fingerprint density at radius 3 is 2.89 bits per heavy atom. The van der Waals surface area contributed by atoms with Crippen molar-refractivity contribution in [2.45, 2.75) is 13.5 Å². The molecule has 0 bridgehead atoms. The number of benzene rings is 1. The van der Waals surface area contributed by atoms with Gasteiger partial charge < -0.3 is 19.5 Å². The molecule has 8 nitrogen and oxygen atoms in total. The summed E-state index contributed by atoms with van der Waals surface area (Å²) < 4.78 is 10.5. The van der Waals surface area contributed by atoms with Gasteiger partial charge in [-0.25, -0.2) is 4.98 Å². The molecule has 3 aromatic rings. The van der Waals surface area contributed by atoms with Gasteiger partial charge in [0.2, 0.25) is 5.82 Å². The van der Waals surface area contributed by atoms with E-state index >= 15 is 0 Å². The third-order valence-corrected chi connectivity index (χ3v) is 4.49. The highest BCUT2D eigenvalue weighted by molar-refractivity contribution is 5.89. The van der Waals surface area contributed by atoms with Crippen molar-refractivity contribution in [3.05, 3.63) is 59.6 Å². The fourth-order valence-electron chi connectivity index (χ4n) is 3.04. The van der Waals surface area contributed by atoms with Crippen LogP contribution in [0.2, 0.25) is 0 Å². The lowest BCUT2D eigenvalue weighted by molar-refractivity contribution is 0.0907. The molecule has 0 unspecified atom stereocenters. The third-order valence-electron chi connectivity index (χ3n) is 4.49. The zero-order valence-corrected chi connectivity index (χ0v) is 15.6. The lowest BCUT2D eigenvalue weighted by atomic mass is 10.1. The van der Waals surface area contributed by atoms with Crippen LogP contribution in [-0.2, 0) is 11.3 Å². The Morgan fingerprint density at radius 1 is 1.21 bits per heavy atom. The number of rotatable bonds is 5. The molecule has 4 rings (SSSR count). The number of ether oxygens (including phenoxy) is 1. The molecule has 144 valence electrons. The van der Waals surface area contributed by atoms with Crippen LogP contribution in [0, 0.1) is 6.92 Å². The van der Waals surface area contributed by atoms with Crippen LogP contribution >= 0.6 is 0 Å². The number of anilines is 1. The minimum Gasteiger partial charge on any atom is -0.378 e. The van der Waals surface area contributed by atoms with Crippen molar-refractivity contribution >= 4 is 11.7 Å². The minimum atomic E-state index is -0.400. The number of amides is 1. The molecular formula is C20H21N5O3. The van der Waals surface area contributed by atoms with Crippen LogP contribution in [0.1, 0.15) is 21.8 Å². The number of carbonyl (C=O) groups is 1. The van der Waals surface area contributed by atoms with Crippen LogP contribution in [-0.4, -0.2) is 47.3 Å². The predicted molar refractivity (Wildman–Crippen MR) is 103 cm³/mol. The number of nitrogens with zero attached hydrogens (tertiary/aromatic N) is 4.